The average molecular weight is 456 g/mol. The summed E-state index contributed by atoms with van der Waals surface area (Å²) in [6.45, 7) is 0. The Hall–Kier alpha value is -4.03. The van der Waals surface area contributed by atoms with E-state index >= 15 is 0 Å². The van der Waals surface area contributed by atoms with Crippen molar-refractivity contribution in [2.75, 3.05) is 5.32 Å². The molecule has 0 fully saturated rings. The normalized spacial score (nSPS) is 11.0. The molecule has 164 valence electrons. The number of amides is 1. The van der Waals surface area contributed by atoms with Gasteiger partial charge in [0.2, 0.25) is 0 Å². The van der Waals surface area contributed by atoms with Crippen LogP contribution in [0.25, 0.3) is 0 Å². The second-order valence-electron chi connectivity index (χ2n) is 7.50. The Bertz CT molecular complexity index is 1380. The molecule has 0 atom stereocenters. The zero-order chi connectivity index (χ0) is 23.3. The first kappa shape index (κ1) is 22.2. The van der Waals surface area contributed by atoms with Gasteiger partial charge in [0.1, 0.15) is 0 Å². The lowest BCUT2D eigenvalue weighted by molar-refractivity contribution is 0.102. The maximum atomic E-state index is 12.7. The van der Waals surface area contributed by atoms with Crippen molar-refractivity contribution in [2.45, 2.75) is 10.6 Å². The summed E-state index contributed by atoms with van der Waals surface area (Å²) in [6, 6.07) is 30.4. The van der Waals surface area contributed by atoms with Crippen molar-refractivity contribution in [1.82, 2.24) is 0 Å². The molecule has 0 saturated carbocycles. The van der Waals surface area contributed by atoms with Gasteiger partial charge >= 0.3 is 0 Å². The number of nitrogens with one attached hydrogen (secondary N) is 1. The molecule has 0 radical (unpaired) electrons. The molecule has 0 saturated heterocycles. The Morgan fingerprint density at radius 1 is 0.636 bits per heavy atom. The minimum Gasteiger partial charge on any atom is -0.322 e. The van der Waals surface area contributed by atoms with E-state index in [2.05, 4.69) is 5.32 Å². The molecule has 0 heterocycles. The van der Waals surface area contributed by atoms with E-state index in [-0.39, 0.29) is 22.3 Å². The molecule has 5 nitrogen and oxygen atoms in total. The first-order valence-corrected chi connectivity index (χ1v) is 12.0. The maximum absolute atomic E-state index is 12.7. The summed E-state index contributed by atoms with van der Waals surface area (Å²) in [5, 5.41) is 2.79. The van der Waals surface area contributed by atoms with E-state index in [4.69, 9.17) is 0 Å². The Morgan fingerprint density at radius 3 is 1.91 bits per heavy atom. The molecule has 4 rings (SSSR count). The van der Waals surface area contributed by atoms with Crippen molar-refractivity contribution in [3.63, 3.8) is 0 Å². The number of anilines is 1. The van der Waals surface area contributed by atoms with Gasteiger partial charge in [-0.1, -0.05) is 72.8 Å². The molecule has 0 aliphatic rings. The minimum absolute atomic E-state index is 0.129. The molecule has 0 spiro atoms. The largest absolute Gasteiger partial charge is 0.322 e. The Morgan fingerprint density at radius 2 is 1.24 bits per heavy atom. The van der Waals surface area contributed by atoms with Crippen LogP contribution in [-0.2, 0) is 15.6 Å². The summed E-state index contributed by atoms with van der Waals surface area (Å²) < 4.78 is 25.1. The number of hydrogen-bond acceptors (Lipinski definition) is 4. The lowest BCUT2D eigenvalue weighted by atomic mass is 10.0. The van der Waals surface area contributed by atoms with Crippen molar-refractivity contribution in [3.8, 4) is 0 Å². The van der Waals surface area contributed by atoms with Crippen LogP contribution in [0.5, 0.6) is 0 Å². The van der Waals surface area contributed by atoms with Gasteiger partial charge in [-0.05, 0) is 42.0 Å². The lowest BCUT2D eigenvalue weighted by Crippen LogP contribution is -2.13. The quantitative estimate of drug-likeness (QED) is 0.391. The number of carbonyl (C=O) groups excluding carboxylic acids is 2. The smallest absolute Gasteiger partial charge is 0.255 e. The number of hydrogen-bond donors (Lipinski definition) is 1. The molecule has 0 aromatic heterocycles. The molecule has 6 heteroatoms. The van der Waals surface area contributed by atoms with Crippen LogP contribution in [-0.4, -0.2) is 20.1 Å². The number of ketones is 1. The molecule has 0 aliphatic carbocycles. The second kappa shape index (κ2) is 9.63. The summed E-state index contributed by atoms with van der Waals surface area (Å²) >= 11 is 0. The van der Waals surface area contributed by atoms with Crippen LogP contribution < -0.4 is 5.32 Å². The highest BCUT2D eigenvalue weighted by atomic mass is 32.2. The van der Waals surface area contributed by atoms with Crippen LogP contribution >= 0.6 is 0 Å². The van der Waals surface area contributed by atoms with E-state index in [0.29, 0.717) is 27.9 Å². The molecular formula is C27H21NO4S. The summed E-state index contributed by atoms with van der Waals surface area (Å²) in [6.07, 6.45) is 0. The van der Waals surface area contributed by atoms with Crippen molar-refractivity contribution >= 4 is 27.2 Å². The highest BCUT2D eigenvalue weighted by Crippen LogP contribution is 2.18. The number of rotatable bonds is 7. The van der Waals surface area contributed by atoms with Gasteiger partial charge in [0.25, 0.3) is 5.91 Å². The zero-order valence-electron chi connectivity index (χ0n) is 17.6. The van der Waals surface area contributed by atoms with Crippen LogP contribution in [0.4, 0.5) is 5.69 Å². The summed E-state index contributed by atoms with van der Waals surface area (Å²) in [5.41, 5.74) is 2.52. The minimum atomic E-state index is -3.46. The van der Waals surface area contributed by atoms with E-state index in [0.717, 1.165) is 0 Å². The van der Waals surface area contributed by atoms with Gasteiger partial charge in [0.05, 0.1) is 10.6 Å². The van der Waals surface area contributed by atoms with Crippen LogP contribution in [0.15, 0.2) is 114 Å². The average Bonchev–Trinajstić information content (AvgIpc) is 2.85. The van der Waals surface area contributed by atoms with E-state index in [9.17, 15) is 18.0 Å². The molecular weight excluding hydrogens is 434 g/mol. The number of carbonyl (C=O) groups is 2. The Labute approximate surface area is 192 Å². The molecule has 4 aromatic carbocycles. The molecule has 0 aliphatic heterocycles. The van der Waals surface area contributed by atoms with E-state index < -0.39 is 9.84 Å². The van der Waals surface area contributed by atoms with Crippen molar-refractivity contribution in [2.24, 2.45) is 0 Å². The molecule has 4 aromatic rings. The van der Waals surface area contributed by atoms with E-state index in [1.54, 1.807) is 103 Å². The summed E-state index contributed by atoms with van der Waals surface area (Å²) in [4.78, 5) is 25.6. The highest BCUT2D eigenvalue weighted by Gasteiger charge is 2.16. The third kappa shape index (κ3) is 5.42. The van der Waals surface area contributed by atoms with Gasteiger partial charge in [0.15, 0.2) is 15.6 Å². The molecule has 1 amide bonds. The Balaban J connectivity index is 1.45. The van der Waals surface area contributed by atoms with Gasteiger partial charge < -0.3 is 5.32 Å². The fraction of sp³-hybridized carbons (Fsp3) is 0.0370. The number of benzene rings is 4. The lowest BCUT2D eigenvalue weighted by Gasteiger charge is -2.09. The maximum Gasteiger partial charge on any atom is 0.255 e. The predicted molar refractivity (Wildman–Crippen MR) is 128 cm³/mol. The predicted octanol–water partition coefficient (Wildman–Crippen LogP) is 5.14. The summed E-state index contributed by atoms with van der Waals surface area (Å²) in [7, 11) is -3.46. The molecule has 1 N–H and O–H groups in total. The van der Waals surface area contributed by atoms with Crippen molar-refractivity contribution in [3.05, 3.63) is 131 Å². The van der Waals surface area contributed by atoms with E-state index in [1.807, 2.05) is 6.07 Å². The zero-order valence-corrected chi connectivity index (χ0v) is 18.5. The van der Waals surface area contributed by atoms with Crippen molar-refractivity contribution < 1.29 is 18.0 Å². The fourth-order valence-corrected chi connectivity index (χ4v) is 4.75. The first-order chi connectivity index (χ1) is 15.9. The third-order valence-corrected chi connectivity index (χ3v) is 6.80. The topological polar surface area (TPSA) is 80.3 Å². The van der Waals surface area contributed by atoms with Gasteiger partial charge in [-0.15, -0.1) is 0 Å². The van der Waals surface area contributed by atoms with Gasteiger partial charge in [-0.25, -0.2) is 8.42 Å². The van der Waals surface area contributed by atoms with Crippen LogP contribution in [0.3, 0.4) is 0 Å². The van der Waals surface area contributed by atoms with Crippen LogP contribution in [0, 0.1) is 0 Å². The number of sulfone groups is 1. The first-order valence-electron chi connectivity index (χ1n) is 10.3. The van der Waals surface area contributed by atoms with E-state index in [1.165, 1.54) is 0 Å². The van der Waals surface area contributed by atoms with Gasteiger partial charge in [0, 0.05) is 22.4 Å². The standard InChI is InChI=1S/C27H21NO4S/c29-26(21-8-3-1-4-9-21)23-10-7-11-24(18-23)28-27(30)22-16-14-20(15-17-22)19-33(31,32)25-12-5-2-6-13-25/h1-18H,19H2,(H,28,30). The second-order valence-corrected chi connectivity index (χ2v) is 9.49. The van der Waals surface area contributed by atoms with Crippen LogP contribution in [0.1, 0.15) is 31.8 Å². The SMILES string of the molecule is O=C(Nc1cccc(C(=O)c2ccccc2)c1)c1ccc(CS(=O)(=O)c2ccccc2)cc1. The summed E-state index contributed by atoms with van der Waals surface area (Å²) in [5.74, 6) is -0.629. The third-order valence-electron chi connectivity index (χ3n) is 5.09. The molecule has 0 unspecified atom stereocenters. The fourth-order valence-electron chi connectivity index (χ4n) is 3.38. The monoisotopic (exact) mass is 455 g/mol. The molecule has 0 bridgehead atoms. The van der Waals surface area contributed by atoms with Gasteiger partial charge in [-0.2, -0.15) is 0 Å². The van der Waals surface area contributed by atoms with Gasteiger partial charge in [-0.3, -0.25) is 9.59 Å². The van der Waals surface area contributed by atoms with Crippen LogP contribution in [0.2, 0.25) is 0 Å². The highest BCUT2D eigenvalue weighted by molar-refractivity contribution is 7.90. The van der Waals surface area contributed by atoms with Crippen molar-refractivity contribution in [1.29, 1.82) is 0 Å². The Kier molecular flexibility index (Phi) is 6.47. The molecule has 33 heavy (non-hydrogen) atoms.